The number of imidazole rings is 1. The molecule has 6 rings (SSSR count). The van der Waals surface area contributed by atoms with Gasteiger partial charge in [-0.3, -0.25) is 4.79 Å². The predicted molar refractivity (Wildman–Crippen MR) is 156 cm³/mol. The molecule has 8 heteroatoms. The summed E-state index contributed by atoms with van der Waals surface area (Å²) in [4.78, 5) is 19.8. The summed E-state index contributed by atoms with van der Waals surface area (Å²) in [6.07, 6.45) is 3.96. The van der Waals surface area contributed by atoms with Gasteiger partial charge in [0.1, 0.15) is 19.0 Å². The number of pyridine rings is 1. The molecule has 0 unspecified atom stereocenters. The van der Waals surface area contributed by atoms with Gasteiger partial charge in [-0.05, 0) is 72.0 Å². The van der Waals surface area contributed by atoms with E-state index < -0.39 is 0 Å². The van der Waals surface area contributed by atoms with Crippen molar-refractivity contribution in [3.63, 3.8) is 0 Å². The Morgan fingerprint density at radius 1 is 0.900 bits per heavy atom. The summed E-state index contributed by atoms with van der Waals surface area (Å²) in [5, 5.41) is 1.42. The van der Waals surface area contributed by atoms with Crippen molar-refractivity contribution in [2.24, 2.45) is 0 Å². The highest BCUT2D eigenvalue weighted by Crippen LogP contribution is 2.41. The molecule has 0 aliphatic heterocycles. The zero-order chi connectivity index (χ0) is 27.5. The average Bonchev–Trinajstić information content (AvgIpc) is 3.76. The van der Waals surface area contributed by atoms with Crippen molar-refractivity contribution in [2.75, 3.05) is 6.61 Å². The van der Waals surface area contributed by atoms with Crippen LogP contribution in [0.2, 0.25) is 10.0 Å². The molecule has 1 aliphatic carbocycles. The van der Waals surface area contributed by atoms with Crippen molar-refractivity contribution in [2.45, 2.75) is 37.8 Å². The van der Waals surface area contributed by atoms with Gasteiger partial charge in [-0.2, -0.15) is 0 Å². The van der Waals surface area contributed by atoms with Crippen molar-refractivity contribution >= 4 is 40.7 Å². The predicted octanol–water partition coefficient (Wildman–Crippen LogP) is 7.55. The quantitative estimate of drug-likeness (QED) is 0.121. The molecule has 0 N–H and O–H groups in total. The Kier molecular flexibility index (Phi) is 7.71. The molecule has 1 fully saturated rings. The highest BCUT2D eigenvalue weighted by atomic mass is 35.5. The minimum absolute atomic E-state index is 0.00816. The highest BCUT2D eigenvalue weighted by Gasteiger charge is 2.30. The Balaban J connectivity index is 1.31. The molecule has 2 heterocycles. The summed E-state index contributed by atoms with van der Waals surface area (Å²) in [6, 6.07) is 26.2. The van der Waals surface area contributed by atoms with E-state index in [-0.39, 0.29) is 12.5 Å². The topological polar surface area (TPSA) is 66.2 Å². The van der Waals surface area contributed by atoms with Crippen molar-refractivity contribution in [3.05, 3.63) is 123 Å². The van der Waals surface area contributed by atoms with E-state index in [2.05, 4.69) is 52.0 Å². The van der Waals surface area contributed by atoms with Gasteiger partial charge in [0.2, 0.25) is 5.88 Å². The minimum Gasteiger partial charge on any atom is -0.476 e. The molecule has 2 aromatic heterocycles. The molecule has 0 saturated heterocycles. The van der Waals surface area contributed by atoms with Crippen molar-refractivity contribution in [3.8, 4) is 5.88 Å². The Bertz CT molecular complexity index is 1570. The van der Waals surface area contributed by atoms with Crippen LogP contribution in [0.4, 0.5) is 0 Å². The molecule has 0 bridgehead atoms. The van der Waals surface area contributed by atoms with Crippen molar-refractivity contribution in [1.29, 1.82) is 0 Å². The van der Waals surface area contributed by atoms with E-state index in [1.165, 1.54) is 0 Å². The van der Waals surface area contributed by atoms with Gasteiger partial charge in [0.05, 0.1) is 17.6 Å². The summed E-state index contributed by atoms with van der Waals surface area (Å²) >= 11 is 12.4. The summed E-state index contributed by atoms with van der Waals surface area (Å²) in [7, 11) is 0. The lowest BCUT2D eigenvalue weighted by Crippen LogP contribution is -2.12. The maximum absolute atomic E-state index is 10.4. The largest absolute Gasteiger partial charge is 0.476 e. The first-order chi connectivity index (χ1) is 19.6. The molecule has 0 spiro atoms. The van der Waals surface area contributed by atoms with Crippen LogP contribution < -0.4 is 4.74 Å². The van der Waals surface area contributed by atoms with Gasteiger partial charge in [0.25, 0.3) is 6.47 Å². The van der Waals surface area contributed by atoms with E-state index >= 15 is 0 Å². The first-order valence-corrected chi connectivity index (χ1v) is 14.0. The Morgan fingerprint density at radius 3 is 2.17 bits per heavy atom. The molecule has 0 radical (unpaired) electrons. The van der Waals surface area contributed by atoms with Crippen LogP contribution in [0.5, 0.6) is 5.88 Å². The van der Waals surface area contributed by atoms with Crippen molar-refractivity contribution < 1.29 is 14.3 Å². The number of carbonyl (C=O) groups excluding carboxylic acids is 1. The zero-order valence-electron chi connectivity index (χ0n) is 21.7. The van der Waals surface area contributed by atoms with E-state index in [4.69, 9.17) is 37.7 Å². The molecule has 3 aromatic carbocycles. The zero-order valence-corrected chi connectivity index (χ0v) is 23.2. The van der Waals surface area contributed by atoms with Crippen LogP contribution in [0, 0.1) is 0 Å². The second-order valence-electron chi connectivity index (χ2n) is 9.94. The maximum Gasteiger partial charge on any atom is 0.293 e. The van der Waals surface area contributed by atoms with Crippen LogP contribution in [0.15, 0.2) is 85.1 Å². The molecule has 1 saturated carbocycles. The van der Waals surface area contributed by atoms with Crippen LogP contribution in [-0.4, -0.2) is 27.6 Å². The van der Waals surface area contributed by atoms with Gasteiger partial charge in [-0.1, -0.05) is 53.5 Å². The number of hydrogen-bond donors (Lipinski definition) is 0. The number of nitrogens with zero attached hydrogens (tertiary/aromatic N) is 3. The van der Waals surface area contributed by atoms with E-state index in [0.29, 0.717) is 41.5 Å². The second-order valence-corrected chi connectivity index (χ2v) is 10.8. The Labute approximate surface area is 242 Å². The highest BCUT2D eigenvalue weighted by molar-refractivity contribution is 6.30. The smallest absolute Gasteiger partial charge is 0.293 e. The number of hydrogen-bond acceptors (Lipinski definition) is 5. The number of benzene rings is 3. The fourth-order valence-corrected chi connectivity index (χ4v) is 5.32. The maximum atomic E-state index is 10.4. The number of aromatic nitrogens is 3. The molecule has 0 amide bonds. The lowest BCUT2D eigenvalue weighted by molar-refractivity contribution is -0.129. The lowest BCUT2D eigenvalue weighted by atomic mass is 9.85. The SMILES string of the molecule is O=COCc1ccc(OCCn2c(C3CC3)nc3ccc(C(c4ccc(Cl)cc4)c4ccc(Cl)cc4)cc32)nc1. The van der Waals surface area contributed by atoms with Crippen molar-refractivity contribution in [1.82, 2.24) is 14.5 Å². The van der Waals surface area contributed by atoms with Gasteiger partial charge in [0, 0.05) is 39.7 Å². The Morgan fingerprint density at radius 2 is 1.57 bits per heavy atom. The molecular weight excluding hydrogens is 545 g/mol. The standard InChI is InChI=1S/C32H27Cl2N3O3/c33-26-9-4-22(5-10-26)31(23-6-11-27(34)12-7-23)25-8-13-28-29(17-25)37(32(36-28)24-2-3-24)15-16-40-30-14-1-21(18-35-30)19-39-20-38/h1,4-14,17-18,20,24,31H,2-3,15-16,19H2. The summed E-state index contributed by atoms with van der Waals surface area (Å²) in [5.41, 5.74) is 6.34. The first kappa shape index (κ1) is 26.4. The number of carbonyl (C=O) groups is 1. The van der Waals surface area contributed by atoms with Crippen LogP contribution in [0.3, 0.4) is 0 Å². The van der Waals surface area contributed by atoms with E-state index in [1.54, 1.807) is 12.3 Å². The van der Waals surface area contributed by atoms with E-state index in [0.717, 1.165) is 52.0 Å². The number of rotatable bonds is 11. The molecule has 5 aromatic rings. The normalized spacial score (nSPS) is 13.1. The molecule has 40 heavy (non-hydrogen) atoms. The van der Waals surface area contributed by atoms with Crippen LogP contribution in [0.1, 0.15) is 52.8 Å². The van der Waals surface area contributed by atoms with Gasteiger partial charge in [0.15, 0.2) is 0 Å². The summed E-state index contributed by atoms with van der Waals surface area (Å²) in [6.45, 7) is 1.72. The molecule has 0 atom stereocenters. The van der Waals surface area contributed by atoms with Gasteiger partial charge in [-0.15, -0.1) is 0 Å². The molecule has 202 valence electrons. The third-order valence-electron chi connectivity index (χ3n) is 7.16. The van der Waals surface area contributed by atoms with Gasteiger partial charge in [-0.25, -0.2) is 9.97 Å². The molecular formula is C32H27Cl2N3O3. The molecule has 1 aliphatic rings. The second kappa shape index (κ2) is 11.7. The van der Waals surface area contributed by atoms with Gasteiger partial charge < -0.3 is 14.0 Å². The fraction of sp³-hybridized carbons (Fsp3) is 0.219. The fourth-order valence-electron chi connectivity index (χ4n) is 5.07. The first-order valence-electron chi connectivity index (χ1n) is 13.2. The molecule has 6 nitrogen and oxygen atoms in total. The average molecular weight is 572 g/mol. The van der Waals surface area contributed by atoms with Crippen LogP contribution in [-0.2, 0) is 22.7 Å². The van der Waals surface area contributed by atoms with E-state index in [9.17, 15) is 4.79 Å². The van der Waals surface area contributed by atoms with Gasteiger partial charge >= 0.3 is 0 Å². The number of fused-ring (bicyclic) bond motifs is 1. The lowest BCUT2D eigenvalue weighted by Gasteiger charge is -2.20. The minimum atomic E-state index is 0.00816. The van der Waals surface area contributed by atoms with E-state index in [1.807, 2.05) is 30.3 Å². The van der Waals surface area contributed by atoms with Crippen LogP contribution >= 0.6 is 23.2 Å². The summed E-state index contributed by atoms with van der Waals surface area (Å²) in [5.74, 6) is 2.13. The number of ether oxygens (including phenoxy) is 2. The summed E-state index contributed by atoms with van der Waals surface area (Å²) < 4.78 is 13.1. The Hall–Kier alpha value is -3.87. The third-order valence-corrected chi connectivity index (χ3v) is 7.67. The monoisotopic (exact) mass is 571 g/mol. The number of halogens is 2. The third kappa shape index (κ3) is 5.83. The van der Waals surface area contributed by atoms with Crippen LogP contribution in [0.25, 0.3) is 11.0 Å².